The number of hydrogen-bond donors (Lipinski definition) is 1. The zero-order valence-corrected chi connectivity index (χ0v) is 17.6. The molecule has 0 saturated carbocycles. The molecule has 4 aromatic heterocycles. The Balaban J connectivity index is 1.96. The standard InChI is InChI=1S/C19H21N5O2S2/c1-4-5-8-28(25)19-16(20)15-12(14-10-22-11(2)24(14)3)9-13(23-17(15)26-19)18-21-6-7-27-18/h6-7,9-10H,4-5,8,20H2,1-3H3. The van der Waals surface area contributed by atoms with E-state index in [1.54, 1.807) is 12.4 Å². The Labute approximate surface area is 169 Å². The lowest BCUT2D eigenvalue weighted by Gasteiger charge is -2.08. The molecule has 0 aliphatic carbocycles. The third kappa shape index (κ3) is 3.19. The number of aromatic nitrogens is 4. The number of nitrogens with two attached hydrogens (primary N) is 1. The number of fused-ring (bicyclic) bond motifs is 1. The van der Waals surface area contributed by atoms with Crippen LogP contribution in [-0.4, -0.2) is 29.8 Å². The lowest BCUT2D eigenvalue weighted by atomic mass is 10.1. The number of anilines is 1. The van der Waals surface area contributed by atoms with E-state index in [1.165, 1.54) is 11.3 Å². The van der Waals surface area contributed by atoms with E-state index in [0.717, 1.165) is 34.9 Å². The highest BCUT2D eigenvalue weighted by molar-refractivity contribution is 7.91. The van der Waals surface area contributed by atoms with Gasteiger partial charge in [0.05, 0.1) is 17.3 Å². The molecule has 146 valence electrons. The fourth-order valence-electron chi connectivity index (χ4n) is 3.05. The third-order valence-electron chi connectivity index (χ3n) is 4.70. The number of nitrogen functional groups attached to an aromatic ring is 1. The topological polar surface area (TPSA) is 106 Å². The summed E-state index contributed by atoms with van der Waals surface area (Å²) in [4.78, 5) is 13.4. The maximum atomic E-state index is 12.7. The van der Waals surface area contributed by atoms with Gasteiger partial charge in [-0.1, -0.05) is 13.3 Å². The lowest BCUT2D eigenvalue weighted by molar-refractivity contribution is 0.477. The van der Waals surface area contributed by atoms with Crippen molar-refractivity contribution in [2.45, 2.75) is 31.8 Å². The van der Waals surface area contributed by atoms with Crippen molar-refractivity contribution in [3.63, 3.8) is 0 Å². The van der Waals surface area contributed by atoms with Gasteiger partial charge in [-0.2, -0.15) is 0 Å². The molecule has 2 N–H and O–H groups in total. The molecular formula is C19H21N5O2S2. The Morgan fingerprint density at radius 1 is 1.36 bits per heavy atom. The number of furan rings is 1. The van der Waals surface area contributed by atoms with Crippen LogP contribution in [0.4, 0.5) is 5.69 Å². The van der Waals surface area contributed by atoms with Crippen LogP contribution in [0.3, 0.4) is 0 Å². The highest BCUT2D eigenvalue weighted by Gasteiger charge is 2.27. The Bertz CT molecular complexity index is 1120. The first-order chi connectivity index (χ1) is 13.5. The quantitative estimate of drug-likeness (QED) is 0.474. The second-order valence-electron chi connectivity index (χ2n) is 6.53. The van der Waals surface area contributed by atoms with E-state index < -0.39 is 11.2 Å². The summed E-state index contributed by atoms with van der Waals surface area (Å²) in [7, 11) is 1.95. The van der Waals surface area contributed by atoms with Crippen LogP contribution >= 0.6 is 11.3 Å². The van der Waals surface area contributed by atoms with Gasteiger partial charge in [-0.3, -0.25) is 0 Å². The molecule has 7 nitrogen and oxygen atoms in total. The molecule has 0 aliphatic rings. The van der Waals surface area contributed by atoms with Crippen molar-refractivity contribution in [1.29, 1.82) is 0 Å². The van der Waals surface area contributed by atoms with E-state index >= 15 is 0 Å². The van der Waals surface area contributed by atoms with Crippen LogP contribution in [0.15, 0.2) is 33.3 Å². The highest BCUT2D eigenvalue weighted by atomic mass is 32.2. The van der Waals surface area contributed by atoms with Gasteiger partial charge in [0.25, 0.3) is 0 Å². The molecule has 4 aromatic rings. The molecule has 4 rings (SSSR count). The first-order valence-corrected chi connectivity index (χ1v) is 11.2. The van der Waals surface area contributed by atoms with Gasteiger partial charge in [-0.05, 0) is 19.4 Å². The monoisotopic (exact) mass is 415 g/mol. The second-order valence-corrected chi connectivity index (χ2v) is 8.89. The Morgan fingerprint density at radius 3 is 2.82 bits per heavy atom. The average molecular weight is 416 g/mol. The average Bonchev–Trinajstić information content (AvgIpc) is 3.41. The molecule has 0 saturated heterocycles. The molecule has 0 amide bonds. The van der Waals surface area contributed by atoms with Gasteiger partial charge in [0.1, 0.15) is 28.0 Å². The number of unbranched alkanes of at least 4 members (excludes halogenated alkanes) is 1. The predicted molar refractivity (Wildman–Crippen MR) is 113 cm³/mol. The Kier molecular flexibility index (Phi) is 5.13. The molecule has 1 unspecified atom stereocenters. The maximum absolute atomic E-state index is 12.7. The highest BCUT2D eigenvalue weighted by Crippen LogP contribution is 2.40. The number of imidazole rings is 1. The largest absolute Gasteiger partial charge is 0.609 e. The van der Waals surface area contributed by atoms with Crippen LogP contribution in [0.25, 0.3) is 33.1 Å². The summed E-state index contributed by atoms with van der Waals surface area (Å²) >= 11 is 0.195. The number of nitrogens with zero attached hydrogens (tertiary/aromatic N) is 4. The molecule has 4 heterocycles. The van der Waals surface area contributed by atoms with Gasteiger partial charge in [0.15, 0.2) is 0 Å². The summed E-state index contributed by atoms with van der Waals surface area (Å²) in [5.41, 5.74) is 9.59. The van der Waals surface area contributed by atoms with Crippen LogP contribution in [0, 0.1) is 6.92 Å². The fourth-order valence-corrected chi connectivity index (χ4v) is 4.90. The Hall–Kier alpha value is -2.36. The molecule has 0 bridgehead atoms. The maximum Gasteiger partial charge on any atom is 0.337 e. The zero-order chi connectivity index (χ0) is 19.8. The molecule has 0 aromatic carbocycles. The molecule has 0 aliphatic heterocycles. The van der Waals surface area contributed by atoms with Crippen LogP contribution < -0.4 is 5.73 Å². The molecule has 1 atom stereocenters. The van der Waals surface area contributed by atoms with Crippen molar-refractivity contribution in [1.82, 2.24) is 19.5 Å². The van der Waals surface area contributed by atoms with Gasteiger partial charge in [-0.15, -0.1) is 11.3 Å². The van der Waals surface area contributed by atoms with Crippen LogP contribution in [0.1, 0.15) is 25.6 Å². The minimum Gasteiger partial charge on any atom is -0.609 e. The number of hydrogen-bond acceptors (Lipinski definition) is 7. The van der Waals surface area contributed by atoms with Gasteiger partial charge >= 0.3 is 5.09 Å². The van der Waals surface area contributed by atoms with Crippen LogP contribution in [-0.2, 0) is 18.2 Å². The molecule has 9 heteroatoms. The summed E-state index contributed by atoms with van der Waals surface area (Å²) < 4.78 is 20.6. The Morgan fingerprint density at radius 2 is 2.18 bits per heavy atom. The molecule has 0 spiro atoms. The minimum atomic E-state index is -1.30. The normalized spacial score (nSPS) is 12.7. The van der Waals surface area contributed by atoms with Crippen LogP contribution in [0.2, 0.25) is 0 Å². The molecule has 0 fully saturated rings. The van der Waals surface area contributed by atoms with Crippen molar-refractivity contribution in [2.24, 2.45) is 7.05 Å². The van der Waals surface area contributed by atoms with Crippen molar-refractivity contribution in [3.8, 4) is 22.0 Å². The zero-order valence-electron chi connectivity index (χ0n) is 15.9. The summed E-state index contributed by atoms with van der Waals surface area (Å²) in [6.07, 6.45) is 5.34. The number of pyridine rings is 1. The van der Waals surface area contributed by atoms with Crippen LogP contribution in [0.5, 0.6) is 0 Å². The summed E-state index contributed by atoms with van der Waals surface area (Å²) in [6.45, 7) is 4.00. The van der Waals surface area contributed by atoms with Crippen molar-refractivity contribution < 1.29 is 8.97 Å². The van der Waals surface area contributed by atoms with Crippen molar-refractivity contribution in [2.75, 3.05) is 11.5 Å². The molecule has 0 radical (unpaired) electrons. The first-order valence-electron chi connectivity index (χ1n) is 9.01. The summed E-state index contributed by atoms with van der Waals surface area (Å²) in [5, 5.41) is 3.65. The second kappa shape index (κ2) is 7.57. The summed E-state index contributed by atoms with van der Waals surface area (Å²) in [5.74, 6) is 1.39. The van der Waals surface area contributed by atoms with E-state index in [1.807, 2.05) is 30.0 Å². The predicted octanol–water partition coefficient (Wildman–Crippen LogP) is 4.15. The SMILES string of the molecule is CCCC[S+]([O-])c1oc2nc(-c3nccs3)cc(-c3cnc(C)n3C)c2c1N. The van der Waals surface area contributed by atoms with Gasteiger partial charge in [0, 0.05) is 35.4 Å². The van der Waals surface area contributed by atoms with E-state index in [9.17, 15) is 4.55 Å². The van der Waals surface area contributed by atoms with E-state index in [4.69, 9.17) is 10.2 Å². The number of rotatable bonds is 6. The number of thiazole rings is 1. The molecular weight excluding hydrogens is 394 g/mol. The van der Waals surface area contributed by atoms with Crippen molar-refractivity contribution in [3.05, 3.63) is 29.7 Å². The third-order valence-corrected chi connectivity index (χ3v) is 6.87. The minimum absolute atomic E-state index is 0.298. The van der Waals surface area contributed by atoms with E-state index in [2.05, 4.69) is 21.9 Å². The van der Waals surface area contributed by atoms with Crippen molar-refractivity contribution >= 4 is 39.3 Å². The van der Waals surface area contributed by atoms with E-state index in [0.29, 0.717) is 33.3 Å². The van der Waals surface area contributed by atoms with Gasteiger partial charge < -0.3 is 19.3 Å². The van der Waals surface area contributed by atoms with Gasteiger partial charge in [0.2, 0.25) is 5.71 Å². The van der Waals surface area contributed by atoms with Gasteiger partial charge in [-0.25, -0.2) is 15.0 Å². The number of aryl methyl sites for hydroxylation is 1. The fraction of sp³-hybridized carbons (Fsp3) is 0.316. The van der Waals surface area contributed by atoms with E-state index in [-0.39, 0.29) is 0 Å². The summed E-state index contributed by atoms with van der Waals surface area (Å²) in [6, 6.07) is 1.95. The molecule has 28 heavy (non-hydrogen) atoms. The smallest absolute Gasteiger partial charge is 0.337 e. The first kappa shape index (κ1) is 19.0. The lowest BCUT2D eigenvalue weighted by Crippen LogP contribution is -2.07.